The van der Waals surface area contributed by atoms with E-state index in [4.69, 9.17) is 11.6 Å². The number of aliphatic hydroxyl groups is 2. The van der Waals surface area contributed by atoms with Gasteiger partial charge in [0.1, 0.15) is 18.2 Å². The number of aromatic amines is 1. The molecule has 1 unspecified atom stereocenters. The van der Waals surface area contributed by atoms with Crippen molar-refractivity contribution >= 4 is 11.6 Å². The van der Waals surface area contributed by atoms with Crippen molar-refractivity contribution in [1.82, 2.24) is 25.1 Å². The Balaban J connectivity index is 1.69. The van der Waals surface area contributed by atoms with Gasteiger partial charge in [-0.15, -0.1) is 0 Å². The highest BCUT2D eigenvalue weighted by molar-refractivity contribution is 6.30. The Morgan fingerprint density at radius 3 is 2.57 bits per heavy atom. The molecule has 2 aromatic heterocycles. The van der Waals surface area contributed by atoms with Gasteiger partial charge in [-0.2, -0.15) is 5.10 Å². The normalized spacial score (nSPS) is 17.0. The number of aliphatic hydroxyl groups excluding tert-OH is 2. The summed E-state index contributed by atoms with van der Waals surface area (Å²) in [5, 5.41) is 27.6. The molecular formula is C20H22ClN5O2. The molecule has 3 aromatic rings. The molecule has 8 heteroatoms. The van der Waals surface area contributed by atoms with E-state index in [-0.39, 0.29) is 12.5 Å². The molecule has 3 N–H and O–H groups in total. The van der Waals surface area contributed by atoms with Gasteiger partial charge in [0.2, 0.25) is 0 Å². The van der Waals surface area contributed by atoms with Gasteiger partial charge in [0.25, 0.3) is 0 Å². The van der Waals surface area contributed by atoms with Crippen LogP contribution in [-0.2, 0) is 0 Å². The predicted molar refractivity (Wildman–Crippen MR) is 107 cm³/mol. The van der Waals surface area contributed by atoms with Crippen molar-refractivity contribution in [3.63, 3.8) is 0 Å². The quantitative estimate of drug-likeness (QED) is 0.610. The lowest BCUT2D eigenvalue weighted by Gasteiger charge is -2.34. The number of rotatable bonds is 5. The summed E-state index contributed by atoms with van der Waals surface area (Å²) >= 11 is 6.04. The molecule has 1 fully saturated rings. The summed E-state index contributed by atoms with van der Waals surface area (Å²) in [5.41, 5.74) is 4.64. The zero-order chi connectivity index (χ0) is 19.5. The van der Waals surface area contributed by atoms with Crippen LogP contribution in [0.1, 0.15) is 24.5 Å². The molecule has 3 heterocycles. The summed E-state index contributed by atoms with van der Waals surface area (Å²) in [4.78, 5) is 10.4. The fraction of sp³-hybridized carbons (Fsp3) is 0.350. The van der Waals surface area contributed by atoms with E-state index in [0.717, 1.165) is 41.1 Å². The standard InChI is InChI=1S/C20H22ClN5O2/c21-15-3-1-13(2-4-15)19-18(16-5-8-22-12-23-16)20(25-24-19)14-6-9-26(10-7-14)17(28)11-27/h1-5,8,12,14,17,27-28H,6-7,9-11H2,(H,24,25). The van der Waals surface area contributed by atoms with Crippen molar-refractivity contribution in [3.05, 3.63) is 53.6 Å². The van der Waals surface area contributed by atoms with Gasteiger partial charge >= 0.3 is 0 Å². The monoisotopic (exact) mass is 399 g/mol. The third kappa shape index (κ3) is 3.79. The van der Waals surface area contributed by atoms with Crippen LogP contribution < -0.4 is 0 Å². The molecule has 1 aliphatic rings. The molecule has 0 amide bonds. The number of H-pyrrole nitrogens is 1. The van der Waals surface area contributed by atoms with E-state index in [0.29, 0.717) is 18.1 Å². The largest absolute Gasteiger partial charge is 0.392 e. The number of likely N-dealkylation sites (tertiary alicyclic amines) is 1. The summed E-state index contributed by atoms with van der Waals surface area (Å²) in [6.45, 7) is 1.18. The van der Waals surface area contributed by atoms with Crippen LogP contribution in [0.25, 0.3) is 22.5 Å². The first-order chi connectivity index (χ1) is 13.7. The first-order valence-corrected chi connectivity index (χ1v) is 9.68. The first-order valence-electron chi connectivity index (χ1n) is 9.31. The average molecular weight is 400 g/mol. The van der Waals surface area contributed by atoms with E-state index >= 15 is 0 Å². The first kappa shape index (κ1) is 19.0. The lowest BCUT2D eigenvalue weighted by atomic mass is 9.88. The molecule has 146 valence electrons. The van der Waals surface area contributed by atoms with Crippen LogP contribution in [0.15, 0.2) is 42.9 Å². The van der Waals surface area contributed by atoms with Crippen LogP contribution in [0, 0.1) is 0 Å². The molecule has 28 heavy (non-hydrogen) atoms. The number of nitrogens with one attached hydrogen (secondary N) is 1. The van der Waals surface area contributed by atoms with E-state index in [1.807, 2.05) is 35.2 Å². The minimum atomic E-state index is -0.798. The van der Waals surface area contributed by atoms with Crippen LogP contribution in [0.4, 0.5) is 0 Å². The number of nitrogens with zero attached hydrogens (tertiary/aromatic N) is 4. The van der Waals surface area contributed by atoms with Gasteiger partial charge in [-0.3, -0.25) is 10.00 Å². The van der Waals surface area contributed by atoms with Gasteiger partial charge in [-0.05, 0) is 31.0 Å². The molecule has 0 saturated carbocycles. The van der Waals surface area contributed by atoms with Crippen molar-refractivity contribution in [2.45, 2.75) is 25.0 Å². The van der Waals surface area contributed by atoms with Crippen LogP contribution in [0.2, 0.25) is 5.02 Å². The summed E-state index contributed by atoms with van der Waals surface area (Å²) in [6, 6.07) is 9.49. The molecule has 0 bridgehead atoms. The fourth-order valence-corrected chi connectivity index (χ4v) is 3.89. The molecule has 1 aliphatic heterocycles. The highest BCUT2D eigenvalue weighted by Crippen LogP contribution is 2.39. The third-order valence-corrected chi connectivity index (χ3v) is 5.52. The summed E-state index contributed by atoms with van der Waals surface area (Å²) < 4.78 is 0. The summed E-state index contributed by atoms with van der Waals surface area (Å²) in [6.07, 6.45) is 4.19. The van der Waals surface area contributed by atoms with Gasteiger partial charge in [0.05, 0.1) is 12.3 Å². The zero-order valence-corrected chi connectivity index (χ0v) is 16.0. The van der Waals surface area contributed by atoms with Crippen molar-refractivity contribution < 1.29 is 10.2 Å². The van der Waals surface area contributed by atoms with E-state index < -0.39 is 6.23 Å². The van der Waals surface area contributed by atoms with E-state index in [2.05, 4.69) is 20.2 Å². The molecule has 1 atom stereocenters. The van der Waals surface area contributed by atoms with Crippen LogP contribution in [-0.4, -0.2) is 61.2 Å². The molecule has 0 aliphatic carbocycles. The lowest BCUT2D eigenvalue weighted by Crippen LogP contribution is -2.42. The topological polar surface area (TPSA) is 98.2 Å². The maximum atomic E-state index is 9.88. The second-order valence-electron chi connectivity index (χ2n) is 6.94. The Hall–Kier alpha value is -2.32. The minimum Gasteiger partial charge on any atom is -0.392 e. The summed E-state index contributed by atoms with van der Waals surface area (Å²) in [5.74, 6) is 0.264. The zero-order valence-electron chi connectivity index (χ0n) is 15.3. The highest BCUT2D eigenvalue weighted by Gasteiger charge is 2.29. The number of benzene rings is 1. The molecule has 0 spiro atoms. The van der Waals surface area contributed by atoms with Crippen LogP contribution in [0.5, 0.6) is 0 Å². The molecule has 7 nitrogen and oxygen atoms in total. The van der Waals surface area contributed by atoms with E-state index in [1.165, 1.54) is 6.33 Å². The van der Waals surface area contributed by atoms with E-state index in [1.54, 1.807) is 6.20 Å². The van der Waals surface area contributed by atoms with Gasteiger partial charge < -0.3 is 10.2 Å². The highest BCUT2D eigenvalue weighted by atomic mass is 35.5. The van der Waals surface area contributed by atoms with E-state index in [9.17, 15) is 10.2 Å². The molecule has 1 aromatic carbocycles. The predicted octanol–water partition coefficient (Wildman–Crippen LogP) is 2.68. The lowest BCUT2D eigenvalue weighted by molar-refractivity contribution is -0.0455. The molecule has 0 radical (unpaired) electrons. The Morgan fingerprint density at radius 2 is 1.93 bits per heavy atom. The molecule has 1 saturated heterocycles. The van der Waals surface area contributed by atoms with Crippen LogP contribution in [0.3, 0.4) is 0 Å². The Bertz CT molecular complexity index is 908. The maximum absolute atomic E-state index is 9.88. The number of hydrogen-bond donors (Lipinski definition) is 3. The molecular weight excluding hydrogens is 378 g/mol. The minimum absolute atomic E-state index is 0.248. The van der Waals surface area contributed by atoms with Gasteiger partial charge in [0.15, 0.2) is 0 Å². The van der Waals surface area contributed by atoms with Crippen LogP contribution >= 0.6 is 11.6 Å². The number of hydrogen-bond acceptors (Lipinski definition) is 6. The van der Waals surface area contributed by atoms with Crippen molar-refractivity contribution in [2.75, 3.05) is 19.7 Å². The smallest absolute Gasteiger partial charge is 0.130 e. The van der Waals surface area contributed by atoms with Gasteiger partial charge in [-0.1, -0.05) is 23.7 Å². The van der Waals surface area contributed by atoms with Gasteiger partial charge in [0, 0.05) is 47.0 Å². The average Bonchev–Trinajstić information content (AvgIpc) is 3.19. The van der Waals surface area contributed by atoms with Crippen molar-refractivity contribution in [2.24, 2.45) is 0 Å². The number of piperidine rings is 1. The third-order valence-electron chi connectivity index (χ3n) is 5.27. The maximum Gasteiger partial charge on any atom is 0.130 e. The SMILES string of the molecule is OCC(O)N1CCC(c2[nH]nc(-c3ccc(Cl)cc3)c2-c2ccncn2)CC1. The second kappa shape index (κ2) is 8.36. The molecule has 4 rings (SSSR count). The Labute approximate surface area is 168 Å². The van der Waals surface area contributed by atoms with Crippen molar-refractivity contribution in [1.29, 1.82) is 0 Å². The summed E-state index contributed by atoms with van der Waals surface area (Å²) in [7, 11) is 0. The fourth-order valence-electron chi connectivity index (χ4n) is 3.77. The Morgan fingerprint density at radius 1 is 1.18 bits per heavy atom. The Kier molecular flexibility index (Phi) is 5.68. The van der Waals surface area contributed by atoms with Gasteiger partial charge in [-0.25, -0.2) is 9.97 Å². The second-order valence-corrected chi connectivity index (χ2v) is 7.37. The number of aromatic nitrogens is 4. The number of halogens is 1. The van der Waals surface area contributed by atoms with Crippen molar-refractivity contribution in [3.8, 4) is 22.5 Å².